The lowest BCUT2D eigenvalue weighted by molar-refractivity contribution is 0.00578. The maximum atomic E-state index is 6.14. The zero-order valence-electron chi connectivity index (χ0n) is 14.2. The van der Waals surface area contributed by atoms with Crippen molar-refractivity contribution in [1.29, 1.82) is 0 Å². The van der Waals surface area contributed by atoms with Gasteiger partial charge in [0.1, 0.15) is 12.4 Å². The molecule has 0 spiro atoms. The molecule has 0 N–H and O–H groups in total. The highest BCUT2D eigenvalue weighted by molar-refractivity contribution is 6.63. The number of rotatable bonds is 4. The topological polar surface area (TPSA) is 27.7 Å². The van der Waals surface area contributed by atoms with E-state index >= 15 is 0 Å². The molecule has 1 heterocycles. The molecule has 4 heteroatoms. The fourth-order valence-electron chi connectivity index (χ4n) is 2.51. The molecule has 0 saturated carbocycles. The van der Waals surface area contributed by atoms with Crippen LogP contribution in [0.4, 0.5) is 0 Å². The number of para-hydroxylation sites is 1. The highest BCUT2D eigenvalue weighted by atomic mass is 16.7. The lowest BCUT2D eigenvalue weighted by Gasteiger charge is -2.32. The Bertz CT molecular complexity index is 651. The highest BCUT2D eigenvalue weighted by Gasteiger charge is 2.52. The largest absolute Gasteiger partial charge is 0.498 e. The van der Waals surface area contributed by atoms with Gasteiger partial charge in [-0.05, 0) is 39.3 Å². The molecule has 0 radical (unpaired) electrons. The second-order valence-corrected chi connectivity index (χ2v) is 6.90. The van der Waals surface area contributed by atoms with Crippen molar-refractivity contribution in [1.82, 2.24) is 0 Å². The van der Waals surface area contributed by atoms with Crippen molar-refractivity contribution in [3.63, 3.8) is 0 Å². The molecule has 0 amide bonds. The molecule has 1 saturated heterocycles. The summed E-state index contributed by atoms with van der Waals surface area (Å²) in [4.78, 5) is 0. The van der Waals surface area contributed by atoms with Crippen LogP contribution in [0.15, 0.2) is 54.6 Å². The molecule has 0 unspecified atom stereocenters. The molecule has 0 atom stereocenters. The van der Waals surface area contributed by atoms with Gasteiger partial charge in [-0.25, -0.2) is 0 Å². The van der Waals surface area contributed by atoms with E-state index in [1.165, 1.54) is 0 Å². The molecule has 23 heavy (non-hydrogen) atoms. The first kappa shape index (κ1) is 16.1. The first-order valence-electron chi connectivity index (χ1n) is 8.00. The minimum absolute atomic E-state index is 0.357. The minimum atomic E-state index is -0.410. The molecule has 3 nitrogen and oxygen atoms in total. The van der Waals surface area contributed by atoms with Crippen molar-refractivity contribution in [3.05, 3.63) is 60.2 Å². The Kier molecular flexibility index (Phi) is 4.22. The summed E-state index contributed by atoms with van der Waals surface area (Å²) in [6, 6.07) is 18.0. The van der Waals surface area contributed by atoms with Crippen LogP contribution in [-0.4, -0.2) is 18.3 Å². The van der Waals surface area contributed by atoms with Crippen molar-refractivity contribution >= 4 is 12.6 Å². The predicted octanol–water partition coefficient (Wildman–Crippen LogP) is 3.56. The third-order valence-electron chi connectivity index (χ3n) is 4.66. The second kappa shape index (κ2) is 6.02. The summed E-state index contributed by atoms with van der Waals surface area (Å²) in [6.45, 7) is 8.75. The maximum absolute atomic E-state index is 6.14. The first-order chi connectivity index (χ1) is 10.9. The zero-order valence-corrected chi connectivity index (χ0v) is 14.2. The molecule has 0 bridgehead atoms. The van der Waals surface area contributed by atoms with Crippen LogP contribution in [0, 0.1) is 0 Å². The van der Waals surface area contributed by atoms with E-state index in [9.17, 15) is 0 Å². The van der Waals surface area contributed by atoms with E-state index in [-0.39, 0.29) is 11.2 Å². The summed E-state index contributed by atoms with van der Waals surface area (Å²) < 4.78 is 18.3. The van der Waals surface area contributed by atoms with E-state index in [0.29, 0.717) is 6.61 Å². The highest BCUT2D eigenvalue weighted by Crippen LogP contribution is 2.37. The van der Waals surface area contributed by atoms with E-state index in [2.05, 4.69) is 39.8 Å². The summed E-state index contributed by atoms with van der Waals surface area (Å²) in [5, 5.41) is 0. The van der Waals surface area contributed by atoms with Gasteiger partial charge < -0.3 is 14.0 Å². The molecule has 120 valence electrons. The normalized spacial score (nSPS) is 18.9. The Morgan fingerprint density at radius 2 is 1.39 bits per heavy atom. The number of benzene rings is 2. The third kappa shape index (κ3) is 3.28. The Balaban J connectivity index is 1.79. The summed E-state index contributed by atoms with van der Waals surface area (Å²) in [6.07, 6.45) is 0. The van der Waals surface area contributed by atoms with E-state index in [4.69, 9.17) is 14.0 Å². The molecule has 1 aliphatic heterocycles. The third-order valence-corrected chi connectivity index (χ3v) is 4.66. The summed E-state index contributed by atoms with van der Waals surface area (Å²) in [5.41, 5.74) is 1.35. The van der Waals surface area contributed by atoms with Gasteiger partial charge in [0.15, 0.2) is 0 Å². The molecule has 0 aliphatic carbocycles. The molecule has 2 aromatic carbocycles. The van der Waals surface area contributed by atoms with Crippen LogP contribution in [0.1, 0.15) is 33.3 Å². The number of hydrogen-bond acceptors (Lipinski definition) is 3. The Morgan fingerprint density at radius 1 is 0.826 bits per heavy atom. The van der Waals surface area contributed by atoms with Crippen LogP contribution in [0.25, 0.3) is 0 Å². The maximum Gasteiger partial charge on any atom is 0.498 e. The Labute approximate surface area is 138 Å². The Morgan fingerprint density at radius 3 is 2.04 bits per heavy atom. The van der Waals surface area contributed by atoms with Gasteiger partial charge in [0.05, 0.1) is 11.2 Å². The van der Waals surface area contributed by atoms with Crippen LogP contribution < -0.4 is 10.2 Å². The van der Waals surface area contributed by atoms with Crippen molar-refractivity contribution in [2.24, 2.45) is 0 Å². The van der Waals surface area contributed by atoms with E-state index < -0.39 is 7.12 Å². The van der Waals surface area contributed by atoms with Crippen LogP contribution in [0.2, 0.25) is 0 Å². The van der Waals surface area contributed by atoms with E-state index in [1.54, 1.807) is 0 Å². The van der Waals surface area contributed by atoms with Gasteiger partial charge >= 0.3 is 7.12 Å². The van der Waals surface area contributed by atoms with Crippen molar-refractivity contribution < 1.29 is 14.0 Å². The zero-order chi connectivity index (χ0) is 16.5. The molecule has 3 rings (SSSR count). The molecular weight excluding hydrogens is 287 g/mol. The predicted molar refractivity (Wildman–Crippen MR) is 92.9 cm³/mol. The average Bonchev–Trinajstić information content (AvgIpc) is 2.75. The smallest absolute Gasteiger partial charge is 0.489 e. The van der Waals surface area contributed by atoms with Gasteiger partial charge in [0, 0.05) is 5.46 Å². The molecule has 2 aromatic rings. The van der Waals surface area contributed by atoms with Crippen LogP contribution >= 0.6 is 0 Å². The van der Waals surface area contributed by atoms with Gasteiger partial charge in [-0.3, -0.25) is 0 Å². The fraction of sp³-hybridized carbons (Fsp3) is 0.368. The molecular formula is C19H23BO3. The summed E-state index contributed by atoms with van der Waals surface area (Å²) >= 11 is 0. The van der Waals surface area contributed by atoms with Gasteiger partial charge in [-0.1, -0.05) is 48.5 Å². The SMILES string of the molecule is CC1(C)OB(c2ccccc2OCc2ccccc2)OC1(C)C. The lowest BCUT2D eigenvalue weighted by atomic mass is 9.78. The minimum Gasteiger partial charge on any atom is -0.489 e. The second-order valence-electron chi connectivity index (χ2n) is 6.90. The number of ether oxygens (including phenoxy) is 1. The van der Waals surface area contributed by atoms with Crippen LogP contribution in [0.3, 0.4) is 0 Å². The summed E-state index contributed by atoms with van der Waals surface area (Å²) in [7, 11) is -0.410. The van der Waals surface area contributed by atoms with Gasteiger partial charge in [-0.2, -0.15) is 0 Å². The average molecular weight is 310 g/mol. The van der Waals surface area contributed by atoms with Crippen molar-refractivity contribution in [2.75, 3.05) is 0 Å². The van der Waals surface area contributed by atoms with Gasteiger partial charge in [0.2, 0.25) is 0 Å². The molecule has 0 aromatic heterocycles. The lowest BCUT2D eigenvalue weighted by Crippen LogP contribution is -2.41. The van der Waals surface area contributed by atoms with Crippen LogP contribution in [-0.2, 0) is 15.9 Å². The summed E-state index contributed by atoms with van der Waals surface area (Å²) in [5.74, 6) is 0.801. The van der Waals surface area contributed by atoms with Gasteiger partial charge in [-0.15, -0.1) is 0 Å². The monoisotopic (exact) mass is 310 g/mol. The van der Waals surface area contributed by atoms with Gasteiger partial charge in [0.25, 0.3) is 0 Å². The molecule has 1 fully saturated rings. The van der Waals surface area contributed by atoms with E-state index in [0.717, 1.165) is 16.8 Å². The van der Waals surface area contributed by atoms with E-state index in [1.807, 2.05) is 42.5 Å². The van der Waals surface area contributed by atoms with Crippen molar-refractivity contribution in [2.45, 2.75) is 45.5 Å². The number of hydrogen-bond donors (Lipinski definition) is 0. The van der Waals surface area contributed by atoms with Crippen LogP contribution in [0.5, 0.6) is 5.75 Å². The quantitative estimate of drug-likeness (QED) is 0.808. The molecule has 1 aliphatic rings. The van der Waals surface area contributed by atoms with Crippen molar-refractivity contribution in [3.8, 4) is 5.75 Å². The standard InChI is InChI=1S/C19H23BO3/c1-18(2)19(3,4)23-20(22-18)16-12-8-9-13-17(16)21-14-15-10-6-5-7-11-15/h5-13H,14H2,1-4H3. The Hall–Kier alpha value is -1.78. The fourth-order valence-corrected chi connectivity index (χ4v) is 2.51. The first-order valence-corrected chi connectivity index (χ1v) is 8.00.